The zero-order chi connectivity index (χ0) is 15.5. The summed E-state index contributed by atoms with van der Waals surface area (Å²) in [6, 6.07) is 8.27. The lowest BCUT2D eigenvalue weighted by Crippen LogP contribution is -2.18. The minimum atomic E-state index is -0.848. The molecule has 21 heavy (non-hydrogen) atoms. The number of unbranched alkanes of at least 4 members (excludes halogenated alkanes) is 2. The number of ketones is 1. The summed E-state index contributed by atoms with van der Waals surface area (Å²) in [6.07, 6.45) is 3.12. The van der Waals surface area contributed by atoms with Crippen LogP contribution in [0.15, 0.2) is 43.0 Å². The molecule has 0 spiro atoms. The van der Waals surface area contributed by atoms with Gasteiger partial charge in [-0.25, -0.2) is 9.59 Å². The Morgan fingerprint density at radius 2 is 1.57 bits per heavy atom. The molecular weight excluding hydrogens is 272 g/mol. The van der Waals surface area contributed by atoms with Crippen LogP contribution in [-0.4, -0.2) is 30.9 Å². The average molecular weight is 290 g/mol. The van der Waals surface area contributed by atoms with Gasteiger partial charge in [-0.15, -0.1) is 0 Å². The average Bonchev–Trinajstić information content (AvgIpc) is 2.53. The second-order valence-electron chi connectivity index (χ2n) is 4.26. The molecule has 0 atom stereocenters. The second-order valence-corrected chi connectivity index (χ2v) is 4.26. The van der Waals surface area contributed by atoms with E-state index in [1.54, 1.807) is 30.3 Å². The van der Waals surface area contributed by atoms with Gasteiger partial charge in [0.15, 0.2) is 0 Å². The van der Waals surface area contributed by atoms with Crippen LogP contribution in [0.5, 0.6) is 0 Å². The molecule has 1 aromatic carbocycles. The molecule has 0 aliphatic heterocycles. The van der Waals surface area contributed by atoms with Gasteiger partial charge < -0.3 is 9.47 Å². The molecule has 0 N–H and O–H groups in total. The highest BCUT2D eigenvalue weighted by molar-refractivity contribution is 6.40. The first-order valence-corrected chi connectivity index (χ1v) is 6.71. The number of carbonyl (C=O) groups excluding carboxylic acids is 3. The molecule has 1 rings (SSSR count). The number of benzene rings is 1. The Labute approximate surface area is 123 Å². The predicted octanol–water partition coefficient (Wildman–Crippen LogP) is 2.31. The van der Waals surface area contributed by atoms with E-state index in [9.17, 15) is 14.4 Å². The quantitative estimate of drug-likeness (QED) is 0.229. The molecule has 0 fully saturated rings. The molecule has 5 nitrogen and oxygen atoms in total. The summed E-state index contributed by atoms with van der Waals surface area (Å²) in [6.45, 7) is 3.77. The zero-order valence-electron chi connectivity index (χ0n) is 11.7. The summed E-state index contributed by atoms with van der Waals surface area (Å²) in [5, 5.41) is 0. The first-order chi connectivity index (χ1) is 10.1. The van der Waals surface area contributed by atoms with Crippen molar-refractivity contribution in [2.75, 3.05) is 13.2 Å². The van der Waals surface area contributed by atoms with Crippen LogP contribution >= 0.6 is 0 Å². The van der Waals surface area contributed by atoms with Crippen LogP contribution in [0.3, 0.4) is 0 Å². The molecule has 0 amide bonds. The minimum Gasteiger partial charge on any atom is -0.463 e. The summed E-state index contributed by atoms with van der Waals surface area (Å²) in [7, 11) is 0. The molecule has 0 saturated heterocycles. The molecule has 0 heterocycles. The fraction of sp³-hybridized carbons (Fsp3) is 0.312. The van der Waals surface area contributed by atoms with Crippen molar-refractivity contribution >= 4 is 17.7 Å². The van der Waals surface area contributed by atoms with Crippen molar-refractivity contribution < 1.29 is 23.9 Å². The molecule has 0 unspecified atom stereocenters. The molecule has 0 bridgehead atoms. The number of esters is 2. The maximum absolute atomic E-state index is 11.7. The normalized spacial score (nSPS) is 9.71. The van der Waals surface area contributed by atoms with Crippen molar-refractivity contribution in [3.8, 4) is 0 Å². The highest BCUT2D eigenvalue weighted by Gasteiger charge is 2.16. The van der Waals surface area contributed by atoms with E-state index in [0.717, 1.165) is 12.5 Å². The smallest absolute Gasteiger partial charge is 0.379 e. The molecule has 0 aliphatic carbocycles. The van der Waals surface area contributed by atoms with E-state index >= 15 is 0 Å². The van der Waals surface area contributed by atoms with Crippen LogP contribution in [0.4, 0.5) is 0 Å². The monoisotopic (exact) mass is 290 g/mol. The fourth-order valence-electron chi connectivity index (χ4n) is 1.55. The Morgan fingerprint density at radius 3 is 2.19 bits per heavy atom. The van der Waals surface area contributed by atoms with Gasteiger partial charge in [0.1, 0.15) is 0 Å². The van der Waals surface area contributed by atoms with Gasteiger partial charge in [-0.3, -0.25) is 4.79 Å². The van der Waals surface area contributed by atoms with Crippen molar-refractivity contribution in [2.24, 2.45) is 0 Å². The van der Waals surface area contributed by atoms with E-state index in [2.05, 4.69) is 6.58 Å². The number of hydrogen-bond acceptors (Lipinski definition) is 5. The number of rotatable bonds is 9. The highest BCUT2D eigenvalue weighted by atomic mass is 16.5. The largest absolute Gasteiger partial charge is 0.463 e. The maximum Gasteiger partial charge on any atom is 0.379 e. The third-order valence-corrected chi connectivity index (χ3v) is 2.65. The van der Waals surface area contributed by atoms with Gasteiger partial charge in [-0.1, -0.05) is 36.9 Å². The topological polar surface area (TPSA) is 69.7 Å². The van der Waals surface area contributed by atoms with Crippen molar-refractivity contribution in [1.82, 2.24) is 0 Å². The van der Waals surface area contributed by atoms with Crippen LogP contribution in [-0.2, 0) is 19.1 Å². The molecule has 112 valence electrons. The van der Waals surface area contributed by atoms with E-state index in [4.69, 9.17) is 9.47 Å². The molecule has 0 radical (unpaired) electrons. The zero-order valence-corrected chi connectivity index (χ0v) is 11.7. The van der Waals surface area contributed by atoms with E-state index in [1.165, 1.54) is 0 Å². The van der Waals surface area contributed by atoms with Crippen LogP contribution in [0, 0.1) is 0 Å². The third kappa shape index (κ3) is 6.51. The number of Topliss-reactive ketones (excluding diaryl/α,β-unsaturated/α-hetero) is 1. The summed E-state index contributed by atoms with van der Waals surface area (Å²) in [5.41, 5.74) is 0.318. The summed E-state index contributed by atoms with van der Waals surface area (Å²) in [4.78, 5) is 33.9. The number of carbonyl (C=O) groups is 3. The summed E-state index contributed by atoms with van der Waals surface area (Å²) >= 11 is 0. The van der Waals surface area contributed by atoms with Gasteiger partial charge in [-0.2, -0.15) is 0 Å². The van der Waals surface area contributed by atoms with E-state index in [1.807, 2.05) is 0 Å². The Morgan fingerprint density at radius 1 is 0.952 bits per heavy atom. The fourth-order valence-corrected chi connectivity index (χ4v) is 1.55. The number of ether oxygens (including phenoxy) is 2. The van der Waals surface area contributed by atoms with Crippen LogP contribution in [0.1, 0.15) is 29.6 Å². The van der Waals surface area contributed by atoms with Gasteiger partial charge >= 0.3 is 11.9 Å². The van der Waals surface area contributed by atoms with Crippen molar-refractivity contribution in [3.63, 3.8) is 0 Å². The van der Waals surface area contributed by atoms with Gasteiger partial charge in [0.2, 0.25) is 0 Å². The minimum absolute atomic E-state index is 0.173. The lowest BCUT2D eigenvalue weighted by Gasteiger charge is -2.04. The molecular formula is C16H18O5. The van der Waals surface area contributed by atoms with Crippen LogP contribution in [0.2, 0.25) is 0 Å². The van der Waals surface area contributed by atoms with Gasteiger partial charge in [0, 0.05) is 11.6 Å². The highest BCUT2D eigenvalue weighted by Crippen LogP contribution is 2.03. The van der Waals surface area contributed by atoms with Crippen LogP contribution < -0.4 is 0 Å². The molecule has 0 saturated carbocycles. The molecule has 1 aromatic rings. The second kappa shape index (κ2) is 9.47. The van der Waals surface area contributed by atoms with E-state index in [0.29, 0.717) is 25.0 Å². The Hall–Kier alpha value is -2.43. The van der Waals surface area contributed by atoms with Gasteiger partial charge in [-0.05, 0) is 19.3 Å². The van der Waals surface area contributed by atoms with Gasteiger partial charge in [0.05, 0.1) is 13.2 Å². The van der Waals surface area contributed by atoms with Crippen LogP contribution in [0.25, 0.3) is 0 Å². The lowest BCUT2D eigenvalue weighted by molar-refractivity contribution is -0.138. The standard InChI is InChI=1S/C16H18O5/c1-2-14(17)20-11-7-4-8-12-21-16(19)15(18)13-9-5-3-6-10-13/h2-3,5-6,9-10H,1,4,7-8,11-12H2. The Kier molecular flexibility index (Phi) is 7.50. The first-order valence-electron chi connectivity index (χ1n) is 6.71. The third-order valence-electron chi connectivity index (χ3n) is 2.65. The Bertz CT molecular complexity index is 493. The summed E-state index contributed by atoms with van der Waals surface area (Å²) < 4.78 is 9.69. The van der Waals surface area contributed by atoms with Crippen molar-refractivity contribution in [2.45, 2.75) is 19.3 Å². The van der Waals surface area contributed by atoms with E-state index < -0.39 is 17.7 Å². The SMILES string of the molecule is C=CC(=O)OCCCCCOC(=O)C(=O)c1ccccc1. The van der Waals surface area contributed by atoms with Crippen molar-refractivity contribution in [3.05, 3.63) is 48.6 Å². The Balaban J connectivity index is 2.13. The van der Waals surface area contributed by atoms with E-state index in [-0.39, 0.29) is 6.61 Å². The predicted molar refractivity (Wildman–Crippen MR) is 76.7 cm³/mol. The number of hydrogen-bond donors (Lipinski definition) is 0. The first kappa shape index (κ1) is 16.6. The van der Waals surface area contributed by atoms with Gasteiger partial charge in [0.25, 0.3) is 5.78 Å². The molecule has 0 aromatic heterocycles. The summed E-state index contributed by atoms with van der Waals surface area (Å²) in [5.74, 6) is -1.94. The lowest BCUT2D eigenvalue weighted by atomic mass is 10.1. The molecule has 5 heteroatoms. The van der Waals surface area contributed by atoms with Crippen molar-refractivity contribution in [1.29, 1.82) is 0 Å². The maximum atomic E-state index is 11.7. The molecule has 0 aliphatic rings.